The highest BCUT2D eigenvalue weighted by Crippen LogP contribution is 2.21. The molecule has 1 N–H and O–H groups in total. The number of hydrogen-bond donors (Lipinski definition) is 1. The standard InChI is InChI=1S/C11H17N3OS/c1-3-8(10-12-5-7-16-10)13-9-4-6-14(2)11(9)15/h5,7-9,13H,3-4,6H2,1-2H3. The molecule has 1 aliphatic heterocycles. The van der Waals surface area contributed by atoms with Gasteiger partial charge in [-0.05, 0) is 12.8 Å². The van der Waals surface area contributed by atoms with Gasteiger partial charge in [-0.15, -0.1) is 11.3 Å². The van der Waals surface area contributed by atoms with Gasteiger partial charge in [-0.2, -0.15) is 0 Å². The molecule has 1 aliphatic rings. The third kappa shape index (κ3) is 2.25. The zero-order valence-corrected chi connectivity index (χ0v) is 10.5. The maximum atomic E-state index is 11.8. The molecule has 1 aromatic rings. The summed E-state index contributed by atoms with van der Waals surface area (Å²) in [5.41, 5.74) is 0. The number of rotatable bonds is 4. The maximum absolute atomic E-state index is 11.8. The van der Waals surface area contributed by atoms with Gasteiger partial charge in [-0.25, -0.2) is 4.98 Å². The van der Waals surface area contributed by atoms with Crippen LogP contribution in [0.1, 0.15) is 30.8 Å². The summed E-state index contributed by atoms with van der Waals surface area (Å²) in [7, 11) is 1.86. The molecule has 16 heavy (non-hydrogen) atoms. The van der Waals surface area contributed by atoms with Crippen LogP contribution in [0.2, 0.25) is 0 Å². The van der Waals surface area contributed by atoms with Crippen LogP contribution in [-0.2, 0) is 4.79 Å². The average molecular weight is 239 g/mol. The molecule has 4 nitrogen and oxygen atoms in total. The quantitative estimate of drug-likeness (QED) is 0.864. The van der Waals surface area contributed by atoms with Crippen molar-refractivity contribution in [2.24, 2.45) is 0 Å². The van der Waals surface area contributed by atoms with Gasteiger partial charge >= 0.3 is 0 Å². The number of likely N-dealkylation sites (N-methyl/N-ethyl adjacent to an activating group) is 1. The number of carbonyl (C=O) groups is 1. The summed E-state index contributed by atoms with van der Waals surface area (Å²) in [6, 6.07) is 0.180. The van der Waals surface area contributed by atoms with E-state index in [1.54, 1.807) is 16.2 Å². The molecule has 0 bridgehead atoms. The normalized spacial score (nSPS) is 22.8. The molecule has 0 aliphatic carbocycles. The van der Waals surface area contributed by atoms with Crippen LogP contribution in [0.5, 0.6) is 0 Å². The summed E-state index contributed by atoms with van der Waals surface area (Å²) in [5, 5.41) is 6.45. The van der Waals surface area contributed by atoms with Crippen molar-refractivity contribution in [1.82, 2.24) is 15.2 Å². The molecule has 0 radical (unpaired) electrons. The van der Waals surface area contributed by atoms with E-state index < -0.39 is 0 Å². The smallest absolute Gasteiger partial charge is 0.239 e. The van der Waals surface area contributed by atoms with Crippen molar-refractivity contribution in [2.45, 2.75) is 31.8 Å². The van der Waals surface area contributed by atoms with Crippen molar-refractivity contribution in [1.29, 1.82) is 0 Å². The number of amides is 1. The molecule has 0 saturated carbocycles. The Morgan fingerprint density at radius 1 is 1.75 bits per heavy atom. The van der Waals surface area contributed by atoms with Crippen LogP contribution in [0.15, 0.2) is 11.6 Å². The number of thiazole rings is 1. The lowest BCUT2D eigenvalue weighted by atomic mass is 10.1. The summed E-state index contributed by atoms with van der Waals surface area (Å²) >= 11 is 1.64. The highest BCUT2D eigenvalue weighted by molar-refractivity contribution is 7.09. The summed E-state index contributed by atoms with van der Waals surface area (Å²) in [6.07, 6.45) is 3.67. The lowest BCUT2D eigenvalue weighted by molar-refractivity contribution is -0.128. The van der Waals surface area contributed by atoms with E-state index in [1.165, 1.54) is 0 Å². The minimum absolute atomic E-state index is 0.0288. The average Bonchev–Trinajstić information content (AvgIpc) is 2.90. The van der Waals surface area contributed by atoms with Crippen LogP contribution in [-0.4, -0.2) is 35.4 Å². The summed E-state index contributed by atoms with van der Waals surface area (Å²) in [6.45, 7) is 2.97. The maximum Gasteiger partial charge on any atom is 0.239 e. The second-order valence-corrected chi connectivity index (χ2v) is 5.03. The zero-order valence-electron chi connectivity index (χ0n) is 9.64. The van der Waals surface area contributed by atoms with E-state index in [4.69, 9.17) is 0 Å². The minimum atomic E-state index is -0.0288. The van der Waals surface area contributed by atoms with Crippen molar-refractivity contribution in [2.75, 3.05) is 13.6 Å². The molecule has 2 heterocycles. The van der Waals surface area contributed by atoms with Crippen molar-refractivity contribution < 1.29 is 4.79 Å². The number of nitrogens with one attached hydrogen (secondary N) is 1. The Hall–Kier alpha value is -0.940. The fraction of sp³-hybridized carbons (Fsp3) is 0.636. The molecule has 0 spiro atoms. The molecule has 88 valence electrons. The van der Waals surface area contributed by atoms with Gasteiger partial charge in [-0.1, -0.05) is 6.92 Å². The van der Waals surface area contributed by atoms with Gasteiger partial charge in [0.25, 0.3) is 0 Å². The van der Waals surface area contributed by atoms with Crippen molar-refractivity contribution in [3.63, 3.8) is 0 Å². The summed E-state index contributed by atoms with van der Waals surface area (Å²) < 4.78 is 0. The van der Waals surface area contributed by atoms with Gasteiger partial charge in [0, 0.05) is 25.2 Å². The first-order valence-electron chi connectivity index (χ1n) is 5.62. The van der Waals surface area contributed by atoms with E-state index in [0.29, 0.717) is 0 Å². The topological polar surface area (TPSA) is 45.2 Å². The molecule has 5 heteroatoms. The Morgan fingerprint density at radius 3 is 3.06 bits per heavy atom. The van der Waals surface area contributed by atoms with Crippen LogP contribution in [0.25, 0.3) is 0 Å². The van der Waals surface area contributed by atoms with Crippen LogP contribution in [0.4, 0.5) is 0 Å². The molecule has 2 unspecified atom stereocenters. The number of aromatic nitrogens is 1. The highest BCUT2D eigenvalue weighted by Gasteiger charge is 2.30. The van der Waals surface area contributed by atoms with Crippen LogP contribution < -0.4 is 5.32 Å². The first-order chi connectivity index (χ1) is 7.72. The van der Waals surface area contributed by atoms with Gasteiger partial charge in [0.2, 0.25) is 5.91 Å². The second-order valence-electron chi connectivity index (χ2n) is 4.10. The van der Waals surface area contributed by atoms with E-state index in [9.17, 15) is 4.79 Å². The predicted molar refractivity (Wildman–Crippen MR) is 64.3 cm³/mol. The van der Waals surface area contributed by atoms with Crippen molar-refractivity contribution in [3.8, 4) is 0 Å². The lowest BCUT2D eigenvalue weighted by Gasteiger charge is -2.18. The Morgan fingerprint density at radius 2 is 2.56 bits per heavy atom. The third-order valence-electron chi connectivity index (χ3n) is 2.99. The molecule has 2 rings (SSSR count). The molecule has 1 saturated heterocycles. The number of likely N-dealkylation sites (tertiary alicyclic amines) is 1. The SMILES string of the molecule is CCC(NC1CCN(C)C1=O)c1nccs1. The Balaban J connectivity index is 2.00. The highest BCUT2D eigenvalue weighted by atomic mass is 32.1. The Kier molecular flexibility index (Phi) is 3.56. The fourth-order valence-corrected chi connectivity index (χ4v) is 2.77. The first-order valence-corrected chi connectivity index (χ1v) is 6.50. The van der Waals surface area contributed by atoms with E-state index in [1.807, 2.05) is 18.6 Å². The van der Waals surface area contributed by atoms with Gasteiger partial charge in [0.05, 0.1) is 12.1 Å². The van der Waals surface area contributed by atoms with Crippen molar-refractivity contribution in [3.05, 3.63) is 16.6 Å². The minimum Gasteiger partial charge on any atom is -0.344 e. The Labute approximate surface area is 99.7 Å². The largest absolute Gasteiger partial charge is 0.344 e. The van der Waals surface area contributed by atoms with Crippen LogP contribution in [0.3, 0.4) is 0 Å². The molecule has 1 fully saturated rings. The van der Waals surface area contributed by atoms with E-state index in [-0.39, 0.29) is 18.0 Å². The molecular formula is C11H17N3OS. The van der Waals surface area contributed by atoms with E-state index >= 15 is 0 Å². The summed E-state index contributed by atoms with van der Waals surface area (Å²) in [5.74, 6) is 0.204. The number of carbonyl (C=O) groups excluding carboxylic acids is 1. The van der Waals surface area contributed by atoms with E-state index in [0.717, 1.165) is 24.4 Å². The monoisotopic (exact) mass is 239 g/mol. The zero-order chi connectivity index (χ0) is 11.5. The molecule has 0 aromatic carbocycles. The van der Waals surface area contributed by atoms with Crippen molar-refractivity contribution >= 4 is 17.2 Å². The van der Waals surface area contributed by atoms with Gasteiger partial charge in [-0.3, -0.25) is 10.1 Å². The molecule has 1 amide bonds. The summed E-state index contributed by atoms with van der Waals surface area (Å²) in [4.78, 5) is 17.9. The fourth-order valence-electron chi connectivity index (χ4n) is 1.99. The van der Waals surface area contributed by atoms with Gasteiger partial charge in [0.1, 0.15) is 5.01 Å². The first kappa shape index (κ1) is 11.5. The lowest BCUT2D eigenvalue weighted by Crippen LogP contribution is -2.38. The van der Waals surface area contributed by atoms with Gasteiger partial charge in [0.15, 0.2) is 0 Å². The molecule has 1 aromatic heterocycles. The molecular weight excluding hydrogens is 222 g/mol. The van der Waals surface area contributed by atoms with Gasteiger partial charge < -0.3 is 4.90 Å². The van der Waals surface area contributed by atoms with Crippen LogP contribution >= 0.6 is 11.3 Å². The number of nitrogens with zero attached hydrogens (tertiary/aromatic N) is 2. The predicted octanol–water partition coefficient (Wildman–Crippen LogP) is 1.41. The Bertz CT molecular complexity index is 352. The van der Waals surface area contributed by atoms with E-state index in [2.05, 4.69) is 17.2 Å². The number of hydrogen-bond acceptors (Lipinski definition) is 4. The molecule has 2 atom stereocenters. The van der Waals surface area contributed by atoms with Crippen LogP contribution in [0, 0.1) is 0 Å². The third-order valence-corrected chi connectivity index (χ3v) is 3.88. The second kappa shape index (κ2) is 4.93.